The number of halogens is 1. The minimum Gasteiger partial charge on any atom is -0.481 e. The number of sulfonamides is 1. The maximum absolute atomic E-state index is 12.7. The molecule has 0 radical (unpaired) electrons. The first-order valence-corrected chi connectivity index (χ1v) is 13.8. The Morgan fingerprint density at radius 1 is 1.14 bits per heavy atom. The lowest BCUT2D eigenvalue weighted by molar-refractivity contribution is -0.150. The van der Waals surface area contributed by atoms with E-state index in [1.54, 1.807) is 26.8 Å². The van der Waals surface area contributed by atoms with E-state index in [1.807, 2.05) is 61.6 Å². The number of hydrogen-bond donors (Lipinski definition) is 2. The van der Waals surface area contributed by atoms with Gasteiger partial charge in [-0.3, -0.25) is 4.79 Å². The van der Waals surface area contributed by atoms with Crippen LogP contribution in [-0.2, 0) is 21.2 Å². The molecule has 0 heterocycles. The van der Waals surface area contributed by atoms with E-state index in [9.17, 15) is 18.3 Å². The standard InChI is InChI=1S/C27H35NO4S.CH3Cl/c1-21(24-14-10-5-6-11-15-24)16-17-22(2)33(31,32)28-19-18-25(27(3,4)26(29)30)20-23-12-8-7-9-13-23;1-2/h5-10,12-17,25,28H,11,18-20H2,1-4H3,(H,29,30);1H3/b21-16+,22-17+;. The van der Waals surface area contributed by atoms with Gasteiger partial charge < -0.3 is 5.11 Å². The highest BCUT2D eigenvalue weighted by Crippen LogP contribution is 2.32. The van der Waals surface area contributed by atoms with E-state index in [4.69, 9.17) is 0 Å². The van der Waals surface area contributed by atoms with Gasteiger partial charge in [-0.15, -0.1) is 11.6 Å². The zero-order valence-corrected chi connectivity index (χ0v) is 22.9. The van der Waals surface area contributed by atoms with Crippen molar-refractivity contribution < 1.29 is 18.3 Å². The molecule has 0 fully saturated rings. The highest BCUT2D eigenvalue weighted by molar-refractivity contribution is 7.93. The minimum atomic E-state index is -3.66. The number of carbonyl (C=O) groups is 1. The smallest absolute Gasteiger partial charge is 0.309 e. The fourth-order valence-corrected chi connectivity index (χ4v) is 4.43. The molecular weight excluding hydrogens is 482 g/mol. The van der Waals surface area contributed by atoms with E-state index in [0.29, 0.717) is 12.8 Å². The summed E-state index contributed by atoms with van der Waals surface area (Å²) in [5.74, 6) is -1.12. The number of alkyl halides is 1. The summed E-state index contributed by atoms with van der Waals surface area (Å²) in [5, 5.41) is 9.72. The normalized spacial score (nSPS) is 15.5. The molecule has 1 aliphatic carbocycles. The highest BCUT2D eigenvalue weighted by Gasteiger charge is 2.36. The van der Waals surface area contributed by atoms with Gasteiger partial charge in [0, 0.05) is 12.9 Å². The summed E-state index contributed by atoms with van der Waals surface area (Å²) in [6, 6.07) is 9.69. The number of hydrogen-bond acceptors (Lipinski definition) is 3. The molecule has 1 aliphatic rings. The first-order chi connectivity index (χ1) is 16.5. The molecule has 0 saturated heterocycles. The van der Waals surface area contributed by atoms with Crippen molar-refractivity contribution in [2.24, 2.45) is 11.3 Å². The molecule has 0 aliphatic heterocycles. The summed E-state index contributed by atoms with van der Waals surface area (Å²) >= 11 is 4.64. The second-order valence-corrected chi connectivity index (χ2v) is 10.8. The molecule has 5 nitrogen and oxygen atoms in total. The van der Waals surface area contributed by atoms with Gasteiger partial charge in [-0.05, 0) is 75.7 Å². The molecule has 192 valence electrons. The molecule has 0 saturated carbocycles. The maximum atomic E-state index is 12.7. The Morgan fingerprint density at radius 3 is 2.43 bits per heavy atom. The molecule has 1 aromatic carbocycles. The number of nitrogens with one attached hydrogen (secondary N) is 1. The molecule has 2 N–H and O–H groups in total. The van der Waals surface area contributed by atoms with Gasteiger partial charge in [0.25, 0.3) is 0 Å². The van der Waals surface area contributed by atoms with E-state index in [1.165, 1.54) is 6.38 Å². The summed E-state index contributed by atoms with van der Waals surface area (Å²) in [6.45, 7) is 7.08. The zero-order valence-electron chi connectivity index (χ0n) is 21.3. The van der Waals surface area contributed by atoms with Crippen LogP contribution in [0.5, 0.6) is 0 Å². The molecule has 1 aromatic rings. The monoisotopic (exact) mass is 519 g/mol. The molecule has 35 heavy (non-hydrogen) atoms. The van der Waals surface area contributed by atoms with Crippen molar-refractivity contribution >= 4 is 27.6 Å². The lowest BCUT2D eigenvalue weighted by Crippen LogP contribution is -2.37. The molecule has 1 atom stereocenters. The molecule has 0 spiro atoms. The lowest BCUT2D eigenvalue weighted by atomic mass is 9.74. The SMILES string of the molecule is C/C(=C\C=C(/C)S(=O)(=O)NCCC(Cc1ccccc1)C(C)(C)C(=O)O)C1=CCC=CC=C1.CCl. The van der Waals surface area contributed by atoms with Crippen LogP contribution in [0.3, 0.4) is 0 Å². The number of carboxylic acids is 1. The number of rotatable bonds is 11. The van der Waals surface area contributed by atoms with E-state index >= 15 is 0 Å². The quantitative estimate of drug-likeness (QED) is 0.261. The van der Waals surface area contributed by atoms with Crippen molar-refractivity contribution in [2.45, 2.75) is 47.0 Å². The van der Waals surface area contributed by atoms with Crippen molar-refractivity contribution in [1.29, 1.82) is 0 Å². The van der Waals surface area contributed by atoms with Gasteiger partial charge in [0.15, 0.2) is 0 Å². The van der Waals surface area contributed by atoms with Crippen molar-refractivity contribution in [2.75, 3.05) is 12.9 Å². The van der Waals surface area contributed by atoms with Crippen molar-refractivity contribution in [3.05, 3.63) is 94.5 Å². The van der Waals surface area contributed by atoms with E-state index in [2.05, 4.69) is 28.5 Å². The third kappa shape index (κ3) is 10.0. The molecule has 0 bridgehead atoms. The van der Waals surface area contributed by atoms with Crippen LogP contribution in [0.25, 0.3) is 0 Å². The van der Waals surface area contributed by atoms with Gasteiger partial charge >= 0.3 is 5.97 Å². The van der Waals surface area contributed by atoms with Crippen LogP contribution in [0.2, 0.25) is 0 Å². The van der Waals surface area contributed by atoms with Crippen LogP contribution in [0.4, 0.5) is 0 Å². The molecule has 2 rings (SSSR count). The van der Waals surface area contributed by atoms with Crippen LogP contribution in [0.1, 0.15) is 46.1 Å². The Kier molecular flexibility index (Phi) is 13.0. The maximum Gasteiger partial charge on any atom is 0.309 e. The number of benzene rings is 1. The molecule has 7 heteroatoms. The van der Waals surface area contributed by atoms with Gasteiger partial charge in [-0.1, -0.05) is 66.8 Å². The Hall–Kier alpha value is -2.41. The third-order valence-corrected chi connectivity index (χ3v) is 7.69. The lowest BCUT2D eigenvalue weighted by Gasteiger charge is -2.31. The summed E-state index contributed by atoms with van der Waals surface area (Å²) in [6.07, 6.45) is 16.8. The average Bonchev–Trinajstić information content (AvgIpc) is 3.13. The predicted molar refractivity (Wildman–Crippen MR) is 147 cm³/mol. The van der Waals surface area contributed by atoms with E-state index in [-0.39, 0.29) is 17.4 Å². The van der Waals surface area contributed by atoms with Crippen LogP contribution in [0.15, 0.2) is 88.9 Å². The van der Waals surface area contributed by atoms with Crippen molar-refractivity contribution in [3.63, 3.8) is 0 Å². The Balaban J connectivity index is 0.00000298. The third-order valence-electron chi connectivity index (χ3n) is 6.13. The van der Waals surface area contributed by atoms with Crippen molar-refractivity contribution in [1.82, 2.24) is 4.72 Å². The fraction of sp³-hybridized carbons (Fsp3) is 0.393. The molecule has 1 unspecified atom stereocenters. The second-order valence-electron chi connectivity index (χ2n) is 8.91. The Bertz CT molecular complexity index is 1080. The van der Waals surface area contributed by atoms with Crippen LogP contribution >= 0.6 is 11.6 Å². The summed E-state index contributed by atoms with van der Waals surface area (Å²) in [4.78, 5) is 12.1. The van der Waals surface area contributed by atoms with Gasteiger partial charge in [-0.25, -0.2) is 13.1 Å². The zero-order chi connectivity index (χ0) is 26.5. The predicted octanol–water partition coefficient (Wildman–Crippen LogP) is 6.41. The van der Waals surface area contributed by atoms with E-state index < -0.39 is 21.4 Å². The molecule has 0 amide bonds. The molecule has 0 aromatic heterocycles. The number of allylic oxidation sites excluding steroid dienone is 10. The number of carboxylic acid groups (broad SMARTS) is 1. The Morgan fingerprint density at radius 2 is 1.80 bits per heavy atom. The Labute approximate surface area is 216 Å². The average molecular weight is 520 g/mol. The van der Waals surface area contributed by atoms with Crippen LogP contribution in [0, 0.1) is 11.3 Å². The van der Waals surface area contributed by atoms with Crippen LogP contribution in [-0.4, -0.2) is 32.4 Å². The second kappa shape index (κ2) is 14.9. The van der Waals surface area contributed by atoms with Gasteiger partial charge in [0.05, 0.1) is 10.3 Å². The number of aliphatic carboxylic acids is 1. The van der Waals surface area contributed by atoms with Crippen molar-refractivity contribution in [3.8, 4) is 0 Å². The summed E-state index contributed by atoms with van der Waals surface area (Å²) < 4.78 is 28.1. The first-order valence-electron chi connectivity index (χ1n) is 11.6. The summed E-state index contributed by atoms with van der Waals surface area (Å²) in [7, 11) is -3.66. The van der Waals surface area contributed by atoms with Gasteiger partial charge in [0.1, 0.15) is 0 Å². The minimum absolute atomic E-state index is 0.171. The topological polar surface area (TPSA) is 83.5 Å². The fourth-order valence-electron chi connectivity index (χ4n) is 3.57. The van der Waals surface area contributed by atoms with Gasteiger partial charge in [-0.2, -0.15) is 0 Å². The molecular formula is C28H38ClNO4S. The largest absolute Gasteiger partial charge is 0.481 e. The first kappa shape index (κ1) is 30.6. The van der Waals surface area contributed by atoms with Crippen LogP contribution < -0.4 is 4.72 Å². The highest BCUT2D eigenvalue weighted by atomic mass is 35.5. The van der Waals surface area contributed by atoms with Gasteiger partial charge in [0.2, 0.25) is 10.0 Å². The summed E-state index contributed by atoms with van der Waals surface area (Å²) in [5.41, 5.74) is 2.10. The van der Waals surface area contributed by atoms with E-state index in [0.717, 1.165) is 23.1 Å².